The maximum atomic E-state index is 12.0. The second-order valence-corrected chi connectivity index (χ2v) is 6.37. The molecule has 2 saturated heterocycles. The summed E-state index contributed by atoms with van der Waals surface area (Å²) in [5.41, 5.74) is 1.88. The van der Waals surface area contributed by atoms with Gasteiger partial charge in [-0.3, -0.25) is 14.9 Å². The fourth-order valence-corrected chi connectivity index (χ4v) is 3.48. The van der Waals surface area contributed by atoms with E-state index in [4.69, 9.17) is 11.6 Å². The maximum Gasteiger partial charge on any atom is 0.234 e. The van der Waals surface area contributed by atoms with Crippen molar-refractivity contribution in [3.05, 3.63) is 28.8 Å². The summed E-state index contributed by atoms with van der Waals surface area (Å²) in [4.78, 5) is 25.5. The van der Waals surface area contributed by atoms with E-state index in [2.05, 4.69) is 22.5 Å². The standard InChI is InChI=1S/C16H20ClN3O2/c1-10-9-18-6-7-20(10)14-4-2-11(8-13(14)17)12-3-5-15(21)19-16(12)22/h2,4,8,10,12,18H,3,5-7,9H2,1H3,(H,19,21,22)/t10-,12?/m1/s1. The zero-order chi connectivity index (χ0) is 15.7. The molecule has 6 heteroatoms. The number of carbonyl (C=O) groups is 2. The molecule has 0 spiro atoms. The minimum Gasteiger partial charge on any atom is -0.365 e. The number of nitrogens with zero attached hydrogens (tertiary/aromatic N) is 1. The lowest BCUT2D eigenvalue weighted by molar-refractivity contribution is -0.134. The molecule has 0 bridgehead atoms. The smallest absolute Gasteiger partial charge is 0.234 e. The third kappa shape index (κ3) is 2.96. The van der Waals surface area contributed by atoms with Crippen LogP contribution in [-0.2, 0) is 9.59 Å². The predicted molar refractivity (Wildman–Crippen MR) is 86.3 cm³/mol. The van der Waals surface area contributed by atoms with Crippen molar-refractivity contribution >= 4 is 29.1 Å². The Morgan fingerprint density at radius 2 is 2.14 bits per heavy atom. The number of imide groups is 1. The van der Waals surface area contributed by atoms with Crippen molar-refractivity contribution in [3.8, 4) is 0 Å². The number of hydrogen-bond donors (Lipinski definition) is 2. The van der Waals surface area contributed by atoms with Gasteiger partial charge >= 0.3 is 0 Å². The number of piperazine rings is 1. The summed E-state index contributed by atoms with van der Waals surface area (Å²) >= 11 is 6.46. The van der Waals surface area contributed by atoms with Gasteiger partial charge in [-0.15, -0.1) is 0 Å². The molecule has 2 amide bonds. The van der Waals surface area contributed by atoms with E-state index in [9.17, 15) is 9.59 Å². The van der Waals surface area contributed by atoms with Crippen LogP contribution in [-0.4, -0.2) is 37.5 Å². The van der Waals surface area contributed by atoms with Gasteiger partial charge in [0.1, 0.15) is 0 Å². The fourth-order valence-electron chi connectivity index (χ4n) is 3.18. The molecule has 2 aliphatic heterocycles. The third-order valence-electron chi connectivity index (χ3n) is 4.42. The normalized spacial score (nSPS) is 26.0. The van der Waals surface area contributed by atoms with Crippen molar-refractivity contribution in [2.75, 3.05) is 24.5 Å². The van der Waals surface area contributed by atoms with Crippen LogP contribution in [0.25, 0.3) is 0 Å². The number of hydrogen-bond acceptors (Lipinski definition) is 4. The van der Waals surface area contributed by atoms with Gasteiger partial charge in [-0.05, 0) is 31.0 Å². The molecule has 1 aromatic carbocycles. The first-order valence-corrected chi connectivity index (χ1v) is 8.04. The molecule has 0 radical (unpaired) electrons. The van der Waals surface area contributed by atoms with Crippen LogP contribution in [0.2, 0.25) is 5.02 Å². The number of rotatable bonds is 2. The van der Waals surface area contributed by atoms with E-state index in [0.717, 1.165) is 30.9 Å². The molecule has 1 unspecified atom stereocenters. The van der Waals surface area contributed by atoms with Crippen molar-refractivity contribution in [3.63, 3.8) is 0 Å². The van der Waals surface area contributed by atoms with Crippen molar-refractivity contribution in [1.82, 2.24) is 10.6 Å². The Balaban J connectivity index is 1.83. The predicted octanol–water partition coefficient (Wildman–Crippen LogP) is 1.66. The van der Waals surface area contributed by atoms with Gasteiger partial charge < -0.3 is 10.2 Å². The van der Waals surface area contributed by atoms with Crippen molar-refractivity contribution < 1.29 is 9.59 Å². The molecular formula is C16H20ClN3O2. The van der Waals surface area contributed by atoms with Crippen LogP contribution < -0.4 is 15.5 Å². The molecule has 2 heterocycles. The highest BCUT2D eigenvalue weighted by atomic mass is 35.5. The van der Waals surface area contributed by atoms with Gasteiger partial charge in [0.15, 0.2) is 0 Å². The van der Waals surface area contributed by atoms with E-state index < -0.39 is 0 Å². The molecule has 5 nitrogen and oxygen atoms in total. The minimum atomic E-state index is -0.287. The van der Waals surface area contributed by atoms with E-state index in [1.807, 2.05) is 18.2 Å². The number of benzene rings is 1. The molecular weight excluding hydrogens is 302 g/mol. The van der Waals surface area contributed by atoms with Gasteiger partial charge in [0.2, 0.25) is 11.8 Å². The number of piperidine rings is 1. The molecule has 1 aromatic rings. The minimum absolute atomic E-state index is 0.196. The van der Waals surface area contributed by atoms with Crippen LogP contribution in [0.1, 0.15) is 31.2 Å². The number of anilines is 1. The largest absolute Gasteiger partial charge is 0.365 e. The highest BCUT2D eigenvalue weighted by molar-refractivity contribution is 6.33. The summed E-state index contributed by atoms with van der Waals surface area (Å²) in [5, 5.41) is 6.41. The third-order valence-corrected chi connectivity index (χ3v) is 4.73. The molecule has 2 fully saturated rings. The Hall–Kier alpha value is -1.59. The quantitative estimate of drug-likeness (QED) is 0.813. The molecule has 0 aliphatic carbocycles. The molecule has 118 valence electrons. The topological polar surface area (TPSA) is 61.4 Å². The zero-order valence-electron chi connectivity index (χ0n) is 12.6. The molecule has 2 aliphatic rings. The Labute approximate surface area is 135 Å². The first-order chi connectivity index (χ1) is 10.6. The van der Waals surface area contributed by atoms with E-state index in [1.54, 1.807) is 0 Å². The van der Waals surface area contributed by atoms with Crippen LogP contribution in [0.5, 0.6) is 0 Å². The van der Waals surface area contributed by atoms with Crippen LogP contribution >= 0.6 is 11.6 Å². The molecule has 2 atom stereocenters. The number of halogens is 1. The number of amides is 2. The second-order valence-electron chi connectivity index (χ2n) is 5.96. The Bertz CT molecular complexity index is 605. The van der Waals surface area contributed by atoms with Crippen molar-refractivity contribution in [2.45, 2.75) is 31.7 Å². The van der Waals surface area contributed by atoms with Gasteiger partial charge in [0.05, 0.1) is 16.6 Å². The van der Waals surface area contributed by atoms with E-state index in [0.29, 0.717) is 23.9 Å². The van der Waals surface area contributed by atoms with Crippen LogP contribution in [0.4, 0.5) is 5.69 Å². The van der Waals surface area contributed by atoms with Gasteiger partial charge in [0.25, 0.3) is 0 Å². The molecule has 0 saturated carbocycles. The average molecular weight is 322 g/mol. The van der Waals surface area contributed by atoms with Gasteiger partial charge in [0, 0.05) is 32.1 Å². The molecule has 22 heavy (non-hydrogen) atoms. The molecule has 0 aromatic heterocycles. The SMILES string of the molecule is C[C@@H]1CNCCN1c1ccc(C2CCC(=O)NC2=O)cc1Cl. The second kappa shape index (κ2) is 6.26. The van der Waals surface area contributed by atoms with E-state index >= 15 is 0 Å². The first-order valence-electron chi connectivity index (χ1n) is 7.67. The van der Waals surface area contributed by atoms with E-state index in [1.165, 1.54) is 0 Å². The summed E-state index contributed by atoms with van der Waals surface area (Å²) in [6.45, 7) is 4.95. The van der Waals surface area contributed by atoms with Crippen molar-refractivity contribution in [1.29, 1.82) is 0 Å². The van der Waals surface area contributed by atoms with Crippen LogP contribution in [0, 0.1) is 0 Å². The Morgan fingerprint density at radius 3 is 2.82 bits per heavy atom. The van der Waals surface area contributed by atoms with Gasteiger partial charge in [-0.1, -0.05) is 17.7 Å². The van der Waals surface area contributed by atoms with E-state index in [-0.39, 0.29) is 17.7 Å². The monoisotopic (exact) mass is 321 g/mol. The van der Waals surface area contributed by atoms with Gasteiger partial charge in [-0.2, -0.15) is 0 Å². The summed E-state index contributed by atoms with van der Waals surface area (Å²) in [7, 11) is 0. The highest BCUT2D eigenvalue weighted by Gasteiger charge is 2.29. The number of carbonyl (C=O) groups excluding carboxylic acids is 2. The number of nitrogens with one attached hydrogen (secondary N) is 2. The zero-order valence-corrected chi connectivity index (χ0v) is 13.3. The fraction of sp³-hybridized carbons (Fsp3) is 0.500. The lowest BCUT2D eigenvalue weighted by Crippen LogP contribution is -2.50. The molecule has 3 rings (SSSR count). The lowest BCUT2D eigenvalue weighted by atomic mass is 9.90. The Morgan fingerprint density at radius 1 is 1.32 bits per heavy atom. The average Bonchev–Trinajstić information content (AvgIpc) is 2.48. The van der Waals surface area contributed by atoms with Crippen LogP contribution in [0.15, 0.2) is 18.2 Å². The summed E-state index contributed by atoms with van der Waals surface area (Å²) in [5.74, 6) is -0.709. The Kier molecular flexibility index (Phi) is 4.36. The van der Waals surface area contributed by atoms with Crippen molar-refractivity contribution in [2.24, 2.45) is 0 Å². The summed E-state index contributed by atoms with van der Waals surface area (Å²) in [6.07, 6.45) is 0.926. The maximum absolute atomic E-state index is 12.0. The summed E-state index contributed by atoms with van der Waals surface area (Å²) < 4.78 is 0. The van der Waals surface area contributed by atoms with Crippen LogP contribution in [0.3, 0.4) is 0 Å². The first kappa shape index (κ1) is 15.3. The highest BCUT2D eigenvalue weighted by Crippen LogP contribution is 2.33. The summed E-state index contributed by atoms with van der Waals surface area (Å²) in [6, 6.07) is 6.19. The molecule has 2 N–H and O–H groups in total. The van der Waals surface area contributed by atoms with Gasteiger partial charge in [-0.25, -0.2) is 0 Å². The lowest BCUT2D eigenvalue weighted by Gasteiger charge is -2.36.